The SMILES string of the molecule is NCC(CS)c1ccc(Br)o1. The molecule has 0 aromatic carbocycles. The van der Waals surface area contributed by atoms with Gasteiger partial charge in [0.05, 0.1) is 0 Å². The zero-order valence-corrected chi connectivity index (χ0v) is 8.44. The zero-order valence-electron chi connectivity index (χ0n) is 5.96. The lowest BCUT2D eigenvalue weighted by Gasteiger charge is -2.06. The van der Waals surface area contributed by atoms with Crippen molar-refractivity contribution >= 4 is 28.6 Å². The number of hydrogen-bond donors (Lipinski definition) is 2. The molecule has 1 aromatic heterocycles. The smallest absolute Gasteiger partial charge is 0.169 e. The number of thiol groups is 1. The lowest BCUT2D eigenvalue weighted by atomic mass is 10.1. The van der Waals surface area contributed by atoms with Gasteiger partial charge in [-0.2, -0.15) is 12.6 Å². The van der Waals surface area contributed by atoms with Crippen LogP contribution in [0.3, 0.4) is 0 Å². The number of rotatable bonds is 3. The first-order valence-electron chi connectivity index (χ1n) is 3.34. The minimum absolute atomic E-state index is 0.227. The van der Waals surface area contributed by atoms with Crippen molar-refractivity contribution in [3.8, 4) is 0 Å². The third-order valence-electron chi connectivity index (χ3n) is 1.50. The van der Waals surface area contributed by atoms with Crippen molar-refractivity contribution in [2.75, 3.05) is 12.3 Å². The Bertz CT molecular complexity index is 222. The van der Waals surface area contributed by atoms with Gasteiger partial charge in [0.2, 0.25) is 0 Å². The predicted molar refractivity (Wildman–Crippen MR) is 52.1 cm³/mol. The molecule has 0 aliphatic rings. The van der Waals surface area contributed by atoms with Gasteiger partial charge in [-0.25, -0.2) is 0 Å². The van der Waals surface area contributed by atoms with E-state index >= 15 is 0 Å². The summed E-state index contributed by atoms with van der Waals surface area (Å²) in [6.07, 6.45) is 0. The first-order valence-corrected chi connectivity index (χ1v) is 4.76. The number of hydrogen-bond acceptors (Lipinski definition) is 3. The molecule has 2 nitrogen and oxygen atoms in total. The summed E-state index contributed by atoms with van der Waals surface area (Å²) >= 11 is 7.39. The molecule has 0 radical (unpaired) electrons. The van der Waals surface area contributed by atoms with E-state index in [0.717, 1.165) is 16.2 Å². The Morgan fingerprint density at radius 1 is 1.64 bits per heavy atom. The normalized spacial score (nSPS) is 13.4. The first-order chi connectivity index (χ1) is 5.27. The van der Waals surface area contributed by atoms with E-state index in [-0.39, 0.29) is 5.92 Å². The van der Waals surface area contributed by atoms with Gasteiger partial charge in [0.25, 0.3) is 0 Å². The Balaban J connectivity index is 2.73. The number of furan rings is 1. The molecule has 0 fully saturated rings. The van der Waals surface area contributed by atoms with Crippen molar-refractivity contribution in [3.05, 3.63) is 22.6 Å². The van der Waals surface area contributed by atoms with E-state index in [0.29, 0.717) is 6.54 Å². The molecule has 0 saturated heterocycles. The molecule has 62 valence electrons. The molecule has 11 heavy (non-hydrogen) atoms. The first kappa shape index (κ1) is 9.16. The highest BCUT2D eigenvalue weighted by Gasteiger charge is 2.10. The van der Waals surface area contributed by atoms with Crippen LogP contribution in [0, 0.1) is 0 Å². The summed E-state index contributed by atoms with van der Waals surface area (Å²) in [5.41, 5.74) is 5.50. The highest BCUT2D eigenvalue weighted by molar-refractivity contribution is 9.10. The fourth-order valence-electron chi connectivity index (χ4n) is 0.828. The molecule has 0 saturated carbocycles. The standard InChI is InChI=1S/C7H10BrNOS/c8-7-2-1-6(10-7)5(3-9)4-11/h1-2,5,11H,3-4,9H2. The minimum atomic E-state index is 0.227. The van der Waals surface area contributed by atoms with E-state index in [9.17, 15) is 0 Å². The zero-order chi connectivity index (χ0) is 8.27. The lowest BCUT2D eigenvalue weighted by Crippen LogP contribution is -2.12. The largest absolute Gasteiger partial charge is 0.454 e. The van der Waals surface area contributed by atoms with Crippen LogP contribution < -0.4 is 5.73 Å². The molecular weight excluding hydrogens is 226 g/mol. The highest BCUT2D eigenvalue weighted by atomic mass is 79.9. The van der Waals surface area contributed by atoms with Crippen molar-refractivity contribution < 1.29 is 4.42 Å². The maximum atomic E-state index is 5.50. The molecule has 1 aromatic rings. The highest BCUT2D eigenvalue weighted by Crippen LogP contribution is 2.21. The van der Waals surface area contributed by atoms with E-state index < -0.39 is 0 Å². The van der Waals surface area contributed by atoms with Crippen LogP contribution in [0.25, 0.3) is 0 Å². The molecule has 1 rings (SSSR count). The van der Waals surface area contributed by atoms with Gasteiger partial charge in [-0.05, 0) is 28.1 Å². The number of nitrogens with two attached hydrogens (primary N) is 1. The van der Waals surface area contributed by atoms with Gasteiger partial charge in [-0.15, -0.1) is 0 Å². The molecule has 0 amide bonds. The van der Waals surface area contributed by atoms with Crippen LogP contribution in [0.1, 0.15) is 11.7 Å². The van der Waals surface area contributed by atoms with Gasteiger partial charge in [0.1, 0.15) is 5.76 Å². The summed E-state index contributed by atoms with van der Waals surface area (Å²) in [4.78, 5) is 0. The molecule has 0 aliphatic carbocycles. The van der Waals surface area contributed by atoms with Crippen molar-refractivity contribution in [2.45, 2.75) is 5.92 Å². The van der Waals surface area contributed by atoms with Gasteiger partial charge in [-0.3, -0.25) is 0 Å². The van der Waals surface area contributed by atoms with E-state index in [4.69, 9.17) is 10.2 Å². The van der Waals surface area contributed by atoms with Crippen molar-refractivity contribution in [2.24, 2.45) is 5.73 Å². The number of halogens is 1. The molecule has 2 N–H and O–H groups in total. The van der Waals surface area contributed by atoms with Crippen LogP contribution >= 0.6 is 28.6 Å². The van der Waals surface area contributed by atoms with Gasteiger partial charge in [-0.1, -0.05) is 0 Å². The molecule has 0 bridgehead atoms. The van der Waals surface area contributed by atoms with Crippen LogP contribution in [0.4, 0.5) is 0 Å². The van der Waals surface area contributed by atoms with Gasteiger partial charge in [0, 0.05) is 18.2 Å². The molecule has 0 aliphatic heterocycles. The quantitative estimate of drug-likeness (QED) is 0.788. The third-order valence-corrected chi connectivity index (χ3v) is 2.37. The average molecular weight is 236 g/mol. The topological polar surface area (TPSA) is 39.2 Å². The van der Waals surface area contributed by atoms with Crippen LogP contribution in [-0.4, -0.2) is 12.3 Å². The van der Waals surface area contributed by atoms with E-state index in [1.54, 1.807) is 0 Å². The summed E-state index contributed by atoms with van der Waals surface area (Å²) in [6.45, 7) is 0.573. The van der Waals surface area contributed by atoms with Crippen molar-refractivity contribution in [1.82, 2.24) is 0 Å². The second-order valence-corrected chi connectivity index (χ2v) is 3.40. The summed E-state index contributed by atoms with van der Waals surface area (Å²) in [5, 5.41) is 0. The maximum absolute atomic E-state index is 5.50. The summed E-state index contributed by atoms with van der Waals surface area (Å²) < 4.78 is 6.06. The van der Waals surface area contributed by atoms with Crippen LogP contribution in [0.15, 0.2) is 21.2 Å². The summed E-state index contributed by atoms with van der Waals surface area (Å²) in [6, 6.07) is 3.78. The summed E-state index contributed by atoms with van der Waals surface area (Å²) in [7, 11) is 0. The molecule has 0 spiro atoms. The minimum Gasteiger partial charge on any atom is -0.454 e. The van der Waals surface area contributed by atoms with Gasteiger partial charge < -0.3 is 10.2 Å². The Labute approximate surface area is 79.7 Å². The second kappa shape index (κ2) is 4.18. The Kier molecular flexibility index (Phi) is 3.48. The maximum Gasteiger partial charge on any atom is 0.169 e. The monoisotopic (exact) mass is 235 g/mol. The van der Waals surface area contributed by atoms with Gasteiger partial charge >= 0.3 is 0 Å². The molecule has 1 unspecified atom stereocenters. The molecular formula is C7H10BrNOS. The third kappa shape index (κ3) is 2.25. The fraction of sp³-hybridized carbons (Fsp3) is 0.429. The average Bonchev–Trinajstić information content (AvgIpc) is 2.39. The Morgan fingerprint density at radius 2 is 2.36 bits per heavy atom. The van der Waals surface area contributed by atoms with E-state index in [2.05, 4.69) is 28.6 Å². The van der Waals surface area contributed by atoms with Crippen LogP contribution in [0.5, 0.6) is 0 Å². The van der Waals surface area contributed by atoms with Crippen LogP contribution in [-0.2, 0) is 0 Å². The predicted octanol–water partition coefficient (Wildman–Crippen LogP) is 2.01. The Morgan fingerprint density at radius 3 is 2.73 bits per heavy atom. The second-order valence-electron chi connectivity index (χ2n) is 2.26. The van der Waals surface area contributed by atoms with Crippen molar-refractivity contribution in [3.63, 3.8) is 0 Å². The fourth-order valence-corrected chi connectivity index (χ4v) is 1.48. The summed E-state index contributed by atoms with van der Waals surface area (Å²) in [5.74, 6) is 1.84. The molecule has 1 heterocycles. The van der Waals surface area contributed by atoms with E-state index in [1.165, 1.54) is 0 Å². The Hall–Kier alpha value is 0.0700. The lowest BCUT2D eigenvalue weighted by molar-refractivity contribution is 0.462. The van der Waals surface area contributed by atoms with Crippen LogP contribution in [0.2, 0.25) is 0 Å². The van der Waals surface area contributed by atoms with E-state index in [1.807, 2.05) is 12.1 Å². The molecule has 4 heteroatoms. The molecule has 1 atom stereocenters. The van der Waals surface area contributed by atoms with Crippen molar-refractivity contribution in [1.29, 1.82) is 0 Å². The van der Waals surface area contributed by atoms with Gasteiger partial charge in [0.15, 0.2) is 4.67 Å².